The van der Waals surface area contributed by atoms with Gasteiger partial charge in [0.2, 0.25) is 0 Å². The quantitative estimate of drug-likeness (QED) is 0.730. The lowest BCUT2D eigenvalue weighted by Gasteiger charge is -2.24. The van der Waals surface area contributed by atoms with Gasteiger partial charge < -0.3 is 10.2 Å². The van der Waals surface area contributed by atoms with Crippen LogP contribution in [0, 0.1) is 0 Å². The van der Waals surface area contributed by atoms with Crippen LogP contribution in [0.1, 0.15) is 37.8 Å². The SMILES string of the molecule is CCCCCN(C)CC(NC)c1ccc2ccccc2c1. The molecule has 0 spiro atoms. The van der Waals surface area contributed by atoms with Gasteiger partial charge in [0, 0.05) is 12.6 Å². The lowest BCUT2D eigenvalue weighted by molar-refractivity contribution is 0.290. The van der Waals surface area contributed by atoms with E-state index in [-0.39, 0.29) is 0 Å². The van der Waals surface area contributed by atoms with Gasteiger partial charge in [-0.3, -0.25) is 0 Å². The third kappa shape index (κ3) is 4.55. The van der Waals surface area contributed by atoms with E-state index in [0.717, 1.165) is 6.54 Å². The zero-order chi connectivity index (χ0) is 15.1. The van der Waals surface area contributed by atoms with Crippen LogP contribution in [0.3, 0.4) is 0 Å². The molecule has 0 aromatic heterocycles. The summed E-state index contributed by atoms with van der Waals surface area (Å²) in [6, 6.07) is 15.8. The largest absolute Gasteiger partial charge is 0.312 e. The highest BCUT2D eigenvalue weighted by molar-refractivity contribution is 5.83. The molecule has 2 rings (SSSR count). The summed E-state index contributed by atoms with van der Waals surface area (Å²) >= 11 is 0. The van der Waals surface area contributed by atoms with Crippen molar-refractivity contribution < 1.29 is 0 Å². The van der Waals surface area contributed by atoms with Crippen LogP contribution in [-0.4, -0.2) is 32.1 Å². The molecule has 2 aromatic rings. The van der Waals surface area contributed by atoms with Crippen LogP contribution in [0.5, 0.6) is 0 Å². The highest BCUT2D eigenvalue weighted by Gasteiger charge is 2.12. The van der Waals surface area contributed by atoms with Crippen LogP contribution in [0.15, 0.2) is 42.5 Å². The molecule has 0 saturated carbocycles. The predicted octanol–water partition coefficient (Wildman–Crippen LogP) is 4.22. The number of likely N-dealkylation sites (N-methyl/N-ethyl adjacent to an activating group) is 2. The minimum atomic E-state index is 0.390. The van der Waals surface area contributed by atoms with Crippen molar-refractivity contribution in [2.24, 2.45) is 0 Å². The Morgan fingerprint density at radius 2 is 1.81 bits per heavy atom. The van der Waals surface area contributed by atoms with Gasteiger partial charge in [-0.2, -0.15) is 0 Å². The molecule has 0 heterocycles. The van der Waals surface area contributed by atoms with E-state index in [0.29, 0.717) is 6.04 Å². The van der Waals surface area contributed by atoms with E-state index < -0.39 is 0 Å². The highest BCUT2D eigenvalue weighted by atomic mass is 15.1. The summed E-state index contributed by atoms with van der Waals surface area (Å²) in [4.78, 5) is 2.44. The molecule has 21 heavy (non-hydrogen) atoms. The summed E-state index contributed by atoms with van der Waals surface area (Å²) in [6.45, 7) is 4.49. The van der Waals surface area contributed by atoms with Gasteiger partial charge in [-0.1, -0.05) is 56.2 Å². The fourth-order valence-electron chi connectivity index (χ4n) is 2.82. The second-order valence-corrected chi connectivity index (χ2v) is 5.92. The summed E-state index contributed by atoms with van der Waals surface area (Å²) in [5.74, 6) is 0. The Bertz CT molecular complexity index is 550. The third-order valence-electron chi connectivity index (χ3n) is 4.16. The smallest absolute Gasteiger partial charge is 0.0446 e. The molecule has 0 aliphatic rings. The number of fused-ring (bicyclic) bond motifs is 1. The first-order valence-electron chi connectivity index (χ1n) is 8.09. The highest BCUT2D eigenvalue weighted by Crippen LogP contribution is 2.21. The second-order valence-electron chi connectivity index (χ2n) is 5.92. The van der Waals surface area contributed by atoms with Crippen LogP contribution < -0.4 is 5.32 Å². The van der Waals surface area contributed by atoms with Crippen molar-refractivity contribution in [1.29, 1.82) is 0 Å². The van der Waals surface area contributed by atoms with Crippen LogP contribution in [0.2, 0.25) is 0 Å². The Balaban J connectivity index is 2.04. The number of hydrogen-bond donors (Lipinski definition) is 1. The summed E-state index contributed by atoms with van der Waals surface area (Å²) in [6.07, 6.45) is 3.90. The van der Waals surface area contributed by atoms with Gasteiger partial charge >= 0.3 is 0 Å². The van der Waals surface area contributed by atoms with Crippen LogP contribution >= 0.6 is 0 Å². The van der Waals surface area contributed by atoms with Gasteiger partial charge in [-0.15, -0.1) is 0 Å². The van der Waals surface area contributed by atoms with E-state index in [1.165, 1.54) is 42.1 Å². The van der Waals surface area contributed by atoms with Gasteiger partial charge in [-0.25, -0.2) is 0 Å². The van der Waals surface area contributed by atoms with Crippen molar-refractivity contribution in [3.05, 3.63) is 48.0 Å². The monoisotopic (exact) mass is 284 g/mol. The average Bonchev–Trinajstić information content (AvgIpc) is 2.52. The van der Waals surface area contributed by atoms with E-state index in [1.807, 2.05) is 0 Å². The van der Waals surface area contributed by atoms with Gasteiger partial charge in [0.1, 0.15) is 0 Å². The van der Waals surface area contributed by atoms with E-state index in [4.69, 9.17) is 0 Å². The van der Waals surface area contributed by atoms with E-state index in [1.54, 1.807) is 0 Å². The van der Waals surface area contributed by atoms with Gasteiger partial charge in [0.25, 0.3) is 0 Å². The molecule has 2 heteroatoms. The molecule has 0 aliphatic heterocycles. The van der Waals surface area contributed by atoms with Crippen molar-refractivity contribution in [3.8, 4) is 0 Å². The lowest BCUT2D eigenvalue weighted by Crippen LogP contribution is -2.31. The maximum atomic E-state index is 3.46. The maximum Gasteiger partial charge on any atom is 0.0446 e. The first kappa shape index (κ1) is 16.0. The molecular formula is C19H28N2. The Morgan fingerprint density at radius 1 is 1.05 bits per heavy atom. The van der Waals surface area contributed by atoms with E-state index in [9.17, 15) is 0 Å². The Hall–Kier alpha value is -1.38. The first-order valence-corrected chi connectivity index (χ1v) is 8.09. The van der Waals surface area contributed by atoms with Crippen LogP contribution in [-0.2, 0) is 0 Å². The molecule has 0 aliphatic carbocycles. The summed E-state index contributed by atoms with van der Waals surface area (Å²) in [7, 11) is 4.28. The Morgan fingerprint density at radius 3 is 2.52 bits per heavy atom. The fraction of sp³-hybridized carbons (Fsp3) is 0.474. The number of unbranched alkanes of at least 4 members (excludes halogenated alkanes) is 2. The molecular weight excluding hydrogens is 256 g/mol. The average molecular weight is 284 g/mol. The molecule has 1 N–H and O–H groups in total. The molecule has 2 aromatic carbocycles. The third-order valence-corrected chi connectivity index (χ3v) is 4.16. The lowest BCUT2D eigenvalue weighted by atomic mass is 10.0. The molecule has 0 bridgehead atoms. The Kier molecular flexibility index (Phi) is 6.21. The van der Waals surface area contributed by atoms with Crippen molar-refractivity contribution in [2.75, 3.05) is 27.2 Å². The molecule has 0 fully saturated rings. The number of rotatable bonds is 8. The maximum absolute atomic E-state index is 3.46. The van der Waals surface area contributed by atoms with E-state index in [2.05, 4.69) is 73.7 Å². The number of nitrogens with zero attached hydrogens (tertiary/aromatic N) is 1. The van der Waals surface area contributed by atoms with E-state index >= 15 is 0 Å². The van der Waals surface area contributed by atoms with Crippen LogP contribution in [0.4, 0.5) is 0 Å². The normalized spacial score (nSPS) is 13.0. The predicted molar refractivity (Wildman–Crippen MR) is 92.8 cm³/mol. The summed E-state index contributed by atoms with van der Waals surface area (Å²) in [5.41, 5.74) is 1.37. The van der Waals surface area contributed by atoms with Gasteiger partial charge in [0.05, 0.1) is 0 Å². The van der Waals surface area contributed by atoms with Crippen molar-refractivity contribution >= 4 is 10.8 Å². The second kappa shape index (κ2) is 8.16. The number of nitrogens with one attached hydrogen (secondary N) is 1. The molecule has 1 atom stereocenters. The van der Waals surface area contributed by atoms with Crippen LogP contribution in [0.25, 0.3) is 10.8 Å². The zero-order valence-corrected chi connectivity index (χ0v) is 13.6. The minimum Gasteiger partial charge on any atom is -0.312 e. The topological polar surface area (TPSA) is 15.3 Å². The summed E-state index contributed by atoms with van der Waals surface area (Å²) in [5, 5.41) is 6.10. The Labute approximate surface area is 129 Å². The molecule has 0 radical (unpaired) electrons. The van der Waals surface area contributed by atoms with Crippen molar-refractivity contribution in [1.82, 2.24) is 10.2 Å². The number of hydrogen-bond acceptors (Lipinski definition) is 2. The molecule has 1 unspecified atom stereocenters. The first-order chi connectivity index (χ1) is 10.2. The van der Waals surface area contributed by atoms with Gasteiger partial charge in [0.15, 0.2) is 0 Å². The fourth-order valence-corrected chi connectivity index (χ4v) is 2.82. The molecule has 0 amide bonds. The van der Waals surface area contributed by atoms with Crippen molar-refractivity contribution in [2.45, 2.75) is 32.2 Å². The standard InChI is InChI=1S/C19H28N2/c1-4-5-8-13-21(3)15-19(20-2)18-12-11-16-9-6-7-10-17(16)14-18/h6-7,9-12,14,19-20H,4-5,8,13,15H2,1-3H3. The van der Waals surface area contributed by atoms with Crippen molar-refractivity contribution in [3.63, 3.8) is 0 Å². The molecule has 2 nitrogen and oxygen atoms in total. The molecule has 114 valence electrons. The summed E-state index contributed by atoms with van der Waals surface area (Å²) < 4.78 is 0. The zero-order valence-electron chi connectivity index (χ0n) is 13.6. The van der Waals surface area contributed by atoms with Gasteiger partial charge in [-0.05, 0) is 49.5 Å². The molecule has 0 saturated heterocycles. The number of benzene rings is 2. The minimum absolute atomic E-state index is 0.390.